The number of furan rings is 1. The van der Waals surface area contributed by atoms with Crippen molar-refractivity contribution in [3.05, 3.63) is 64.6 Å². The summed E-state index contributed by atoms with van der Waals surface area (Å²) in [4.78, 5) is 12.1. The molecule has 1 aromatic heterocycles. The highest BCUT2D eigenvalue weighted by Crippen LogP contribution is 2.20. The summed E-state index contributed by atoms with van der Waals surface area (Å²) < 4.78 is 10.5. The largest absolute Gasteiger partial charge is 0.465 e. The zero-order chi connectivity index (χ0) is 16.7. The number of hydrogen-bond acceptors (Lipinski definition) is 4. The number of hydrogen-bond donors (Lipinski definition) is 1. The summed E-state index contributed by atoms with van der Waals surface area (Å²) in [5, 5.41) is 12.4. The van der Waals surface area contributed by atoms with E-state index < -0.39 is 5.91 Å². The lowest BCUT2D eigenvalue weighted by molar-refractivity contribution is -0.117. The maximum atomic E-state index is 12.1. The molecule has 118 valence electrons. The molecular weight excluding hydrogens is 316 g/mol. The van der Waals surface area contributed by atoms with Gasteiger partial charge in [-0.15, -0.1) is 0 Å². The topological polar surface area (TPSA) is 75.3 Å². The number of nitriles is 1. The number of ether oxygens (including phenoxy) is 1. The first-order valence-corrected chi connectivity index (χ1v) is 7.23. The molecule has 0 saturated heterocycles. The van der Waals surface area contributed by atoms with Crippen LogP contribution in [0.5, 0.6) is 0 Å². The van der Waals surface area contributed by atoms with Gasteiger partial charge in [-0.3, -0.25) is 4.79 Å². The summed E-state index contributed by atoms with van der Waals surface area (Å²) in [6.45, 7) is 0.215. The summed E-state index contributed by atoms with van der Waals surface area (Å²) in [6, 6.07) is 12.4. The van der Waals surface area contributed by atoms with Crippen LogP contribution in [0.4, 0.5) is 0 Å². The Bertz CT molecular complexity index is 733. The van der Waals surface area contributed by atoms with Crippen LogP contribution in [0.25, 0.3) is 6.08 Å². The first-order chi connectivity index (χ1) is 11.1. The van der Waals surface area contributed by atoms with Crippen LogP contribution in [0.15, 0.2) is 52.7 Å². The van der Waals surface area contributed by atoms with Gasteiger partial charge >= 0.3 is 0 Å². The van der Waals surface area contributed by atoms with Crippen LogP contribution in [0.3, 0.4) is 0 Å². The number of carbonyl (C=O) groups is 1. The normalized spacial score (nSPS) is 12.5. The minimum Gasteiger partial charge on any atom is -0.465 e. The highest BCUT2D eigenvalue weighted by atomic mass is 35.5. The SMILES string of the molecule is COC(CNC(=O)C(C#N)=Cc1ccco1)c1cccc(Cl)c1. The fourth-order valence-electron chi connectivity index (χ4n) is 1.99. The number of halogens is 1. The van der Waals surface area contributed by atoms with Gasteiger partial charge in [-0.1, -0.05) is 23.7 Å². The van der Waals surface area contributed by atoms with E-state index in [2.05, 4.69) is 5.32 Å². The molecule has 0 saturated carbocycles. The van der Waals surface area contributed by atoms with Crippen LogP contribution < -0.4 is 5.32 Å². The Kier molecular flexibility index (Phi) is 5.98. The van der Waals surface area contributed by atoms with Crippen LogP contribution in [-0.4, -0.2) is 19.6 Å². The molecule has 0 fully saturated rings. The molecule has 1 N–H and O–H groups in total. The molecule has 1 heterocycles. The highest BCUT2D eigenvalue weighted by Gasteiger charge is 2.15. The summed E-state index contributed by atoms with van der Waals surface area (Å²) >= 11 is 5.96. The van der Waals surface area contributed by atoms with Gasteiger partial charge in [0.2, 0.25) is 0 Å². The van der Waals surface area contributed by atoms with Crippen molar-refractivity contribution in [2.75, 3.05) is 13.7 Å². The van der Waals surface area contributed by atoms with E-state index in [-0.39, 0.29) is 18.2 Å². The van der Waals surface area contributed by atoms with Crippen molar-refractivity contribution >= 4 is 23.6 Å². The predicted octanol–water partition coefficient (Wildman–Crippen LogP) is 3.34. The zero-order valence-electron chi connectivity index (χ0n) is 12.5. The molecule has 23 heavy (non-hydrogen) atoms. The Labute approximate surface area is 139 Å². The van der Waals surface area contributed by atoms with Gasteiger partial charge in [0.25, 0.3) is 5.91 Å². The Balaban J connectivity index is 2.03. The number of amides is 1. The van der Waals surface area contributed by atoms with E-state index in [4.69, 9.17) is 26.0 Å². The minimum atomic E-state index is -0.493. The maximum Gasteiger partial charge on any atom is 0.262 e. The van der Waals surface area contributed by atoms with Crippen LogP contribution in [-0.2, 0) is 9.53 Å². The summed E-state index contributed by atoms with van der Waals surface area (Å²) in [5.41, 5.74) is 0.801. The molecule has 1 aromatic carbocycles. The van der Waals surface area contributed by atoms with Crippen LogP contribution in [0, 0.1) is 11.3 Å². The van der Waals surface area contributed by atoms with E-state index in [9.17, 15) is 4.79 Å². The van der Waals surface area contributed by atoms with E-state index >= 15 is 0 Å². The van der Waals surface area contributed by atoms with Crippen LogP contribution in [0.2, 0.25) is 5.02 Å². The van der Waals surface area contributed by atoms with Crippen molar-refractivity contribution in [1.29, 1.82) is 5.26 Å². The number of nitrogens with zero attached hydrogens (tertiary/aromatic N) is 1. The second kappa shape index (κ2) is 8.18. The van der Waals surface area contributed by atoms with E-state index in [1.165, 1.54) is 12.3 Å². The fourth-order valence-corrected chi connectivity index (χ4v) is 2.19. The molecule has 0 aliphatic rings. The molecule has 0 aliphatic carbocycles. The van der Waals surface area contributed by atoms with Crippen molar-refractivity contribution in [3.8, 4) is 6.07 Å². The Hall–Kier alpha value is -2.55. The molecule has 6 heteroatoms. The van der Waals surface area contributed by atoms with E-state index in [1.54, 1.807) is 31.4 Å². The third-order valence-corrected chi connectivity index (χ3v) is 3.38. The molecular formula is C17H15ClN2O3. The Morgan fingerprint density at radius 3 is 2.91 bits per heavy atom. The summed E-state index contributed by atoms with van der Waals surface area (Å²) in [7, 11) is 1.54. The lowest BCUT2D eigenvalue weighted by atomic mass is 10.1. The van der Waals surface area contributed by atoms with E-state index in [0.717, 1.165) is 5.56 Å². The second-order valence-corrected chi connectivity index (χ2v) is 5.11. The van der Waals surface area contributed by atoms with Gasteiger partial charge in [0.15, 0.2) is 0 Å². The molecule has 0 aliphatic heterocycles. The first-order valence-electron chi connectivity index (χ1n) is 6.86. The molecule has 2 rings (SSSR count). The van der Waals surface area contributed by atoms with Crippen LogP contribution >= 0.6 is 11.6 Å². The van der Waals surface area contributed by atoms with Crippen molar-refractivity contribution in [2.45, 2.75) is 6.10 Å². The molecule has 1 unspecified atom stereocenters. The fraction of sp³-hybridized carbons (Fsp3) is 0.176. The minimum absolute atomic E-state index is 0.0408. The van der Waals surface area contributed by atoms with Gasteiger partial charge in [0.1, 0.15) is 17.4 Å². The van der Waals surface area contributed by atoms with Crippen molar-refractivity contribution in [1.82, 2.24) is 5.32 Å². The van der Waals surface area contributed by atoms with Gasteiger partial charge in [-0.05, 0) is 29.8 Å². The highest BCUT2D eigenvalue weighted by molar-refractivity contribution is 6.30. The van der Waals surface area contributed by atoms with Gasteiger partial charge in [-0.2, -0.15) is 5.26 Å². The second-order valence-electron chi connectivity index (χ2n) is 4.67. The van der Waals surface area contributed by atoms with Crippen molar-refractivity contribution in [3.63, 3.8) is 0 Å². The average molecular weight is 331 g/mol. The van der Waals surface area contributed by atoms with Gasteiger partial charge < -0.3 is 14.5 Å². The van der Waals surface area contributed by atoms with Gasteiger partial charge in [0.05, 0.1) is 12.4 Å². The lowest BCUT2D eigenvalue weighted by Gasteiger charge is -2.16. The van der Waals surface area contributed by atoms with E-state index in [0.29, 0.717) is 10.8 Å². The Morgan fingerprint density at radius 1 is 1.48 bits per heavy atom. The van der Waals surface area contributed by atoms with Crippen molar-refractivity contribution < 1.29 is 13.9 Å². The molecule has 0 bridgehead atoms. The van der Waals surface area contributed by atoms with Crippen LogP contribution in [0.1, 0.15) is 17.4 Å². The van der Waals surface area contributed by atoms with Gasteiger partial charge in [-0.25, -0.2) is 0 Å². The molecule has 1 amide bonds. The maximum absolute atomic E-state index is 12.1. The standard InChI is InChI=1S/C17H15ClN2O3/c1-22-16(12-4-2-5-14(18)8-12)11-20-17(21)13(10-19)9-15-6-3-7-23-15/h2-9,16H,11H2,1H3,(H,20,21). The Morgan fingerprint density at radius 2 is 2.30 bits per heavy atom. The number of benzene rings is 1. The number of rotatable bonds is 6. The monoisotopic (exact) mass is 330 g/mol. The van der Waals surface area contributed by atoms with Crippen molar-refractivity contribution in [2.24, 2.45) is 0 Å². The third-order valence-electron chi connectivity index (χ3n) is 3.15. The average Bonchev–Trinajstić information content (AvgIpc) is 3.06. The molecule has 2 aromatic rings. The molecule has 1 atom stereocenters. The smallest absolute Gasteiger partial charge is 0.262 e. The first kappa shape index (κ1) is 16.8. The molecule has 0 spiro atoms. The summed E-state index contributed by atoms with van der Waals surface area (Å²) in [5.74, 6) is -0.0530. The van der Waals surface area contributed by atoms with E-state index in [1.807, 2.05) is 18.2 Å². The quantitative estimate of drug-likeness (QED) is 0.651. The number of methoxy groups -OCH3 is 1. The number of nitrogens with one attached hydrogen (secondary N) is 1. The zero-order valence-corrected chi connectivity index (χ0v) is 13.2. The molecule has 5 nitrogen and oxygen atoms in total. The molecule has 0 radical (unpaired) electrons. The summed E-state index contributed by atoms with van der Waals surface area (Å²) in [6.07, 6.45) is 2.50. The predicted molar refractivity (Wildman–Crippen MR) is 86.5 cm³/mol. The number of carbonyl (C=O) groups excluding carboxylic acids is 1. The third kappa shape index (κ3) is 4.71. The lowest BCUT2D eigenvalue weighted by Crippen LogP contribution is -2.30. The van der Waals surface area contributed by atoms with Gasteiger partial charge in [0, 0.05) is 24.8 Å².